The molecule has 2 aromatic rings. The fraction of sp³-hybridized carbons (Fsp3) is 0.118. The second-order valence-electron chi connectivity index (χ2n) is 4.72. The van der Waals surface area contributed by atoms with Crippen molar-refractivity contribution in [2.75, 3.05) is 18.6 Å². The molecule has 106 valence electrons. The summed E-state index contributed by atoms with van der Waals surface area (Å²) < 4.78 is 5.13. The maximum absolute atomic E-state index is 12.3. The molecule has 1 N–H and O–H groups in total. The van der Waals surface area contributed by atoms with Crippen molar-refractivity contribution in [3.05, 3.63) is 66.2 Å². The van der Waals surface area contributed by atoms with Crippen molar-refractivity contribution in [2.24, 2.45) is 0 Å². The summed E-state index contributed by atoms with van der Waals surface area (Å²) in [6.07, 6.45) is 2.01. The molecule has 4 nitrogen and oxygen atoms in total. The third-order valence-electron chi connectivity index (χ3n) is 3.43. The van der Waals surface area contributed by atoms with Gasteiger partial charge in [0.25, 0.3) is 0 Å². The lowest BCUT2D eigenvalue weighted by molar-refractivity contribution is 0.250. The van der Waals surface area contributed by atoms with Crippen LogP contribution in [0.4, 0.5) is 10.5 Å². The Morgan fingerprint density at radius 2 is 1.76 bits per heavy atom. The van der Waals surface area contributed by atoms with Crippen molar-refractivity contribution < 1.29 is 9.53 Å². The number of ether oxygens (including phenoxy) is 1. The average Bonchev–Trinajstić information content (AvgIpc) is 2.56. The highest BCUT2D eigenvalue weighted by atomic mass is 16.5. The van der Waals surface area contributed by atoms with Crippen LogP contribution < -0.4 is 15.0 Å². The number of benzene rings is 2. The lowest BCUT2D eigenvalue weighted by Crippen LogP contribution is -2.43. The standard InChI is InChI=1S/C17H16N2O2/c1-21-15-9-7-14(8-10-15)19-12-11-16(18-17(19)20)13-5-3-2-4-6-13/h2-11H,12H2,1H3,(H,18,20). The lowest BCUT2D eigenvalue weighted by atomic mass is 10.1. The van der Waals surface area contributed by atoms with Gasteiger partial charge in [-0.1, -0.05) is 30.3 Å². The van der Waals surface area contributed by atoms with Crippen LogP contribution in [-0.2, 0) is 0 Å². The molecule has 0 spiro atoms. The molecule has 0 saturated carbocycles. The molecule has 0 atom stereocenters. The molecule has 3 rings (SSSR count). The van der Waals surface area contributed by atoms with Gasteiger partial charge in [0.05, 0.1) is 7.11 Å². The van der Waals surface area contributed by atoms with E-state index < -0.39 is 0 Å². The summed E-state index contributed by atoms with van der Waals surface area (Å²) in [4.78, 5) is 14.0. The molecule has 0 aromatic heterocycles. The molecule has 0 radical (unpaired) electrons. The second-order valence-corrected chi connectivity index (χ2v) is 4.72. The zero-order valence-electron chi connectivity index (χ0n) is 11.7. The highest BCUT2D eigenvalue weighted by Gasteiger charge is 2.20. The minimum atomic E-state index is -0.124. The van der Waals surface area contributed by atoms with Crippen LogP contribution in [0.25, 0.3) is 5.70 Å². The van der Waals surface area contributed by atoms with Crippen LogP contribution in [0, 0.1) is 0 Å². The Hall–Kier alpha value is -2.75. The predicted molar refractivity (Wildman–Crippen MR) is 83.3 cm³/mol. The molecule has 0 fully saturated rings. The van der Waals surface area contributed by atoms with E-state index in [-0.39, 0.29) is 6.03 Å². The predicted octanol–water partition coefficient (Wildman–Crippen LogP) is 3.27. The molecule has 0 saturated heterocycles. The molecule has 0 unspecified atom stereocenters. The van der Waals surface area contributed by atoms with E-state index in [1.54, 1.807) is 12.0 Å². The molecular weight excluding hydrogens is 264 g/mol. The van der Waals surface area contributed by atoms with Gasteiger partial charge in [0.1, 0.15) is 5.75 Å². The molecule has 1 heterocycles. The van der Waals surface area contributed by atoms with Gasteiger partial charge in [-0.25, -0.2) is 4.79 Å². The van der Waals surface area contributed by atoms with Crippen molar-refractivity contribution in [1.29, 1.82) is 0 Å². The second kappa shape index (κ2) is 5.71. The zero-order chi connectivity index (χ0) is 14.7. The number of hydrogen-bond donors (Lipinski definition) is 1. The van der Waals surface area contributed by atoms with Crippen LogP contribution in [0.15, 0.2) is 60.7 Å². The smallest absolute Gasteiger partial charge is 0.326 e. The summed E-state index contributed by atoms with van der Waals surface area (Å²) in [6, 6.07) is 17.2. The normalized spacial score (nSPS) is 14.4. The van der Waals surface area contributed by atoms with Crippen molar-refractivity contribution >= 4 is 17.4 Å². The van der Waals surface area contributed by atoms with Gasteiger partial charge in [-0.05, 0) is 35.9 Å². The topological polar surface area (TPSA) is 41.6 Å². The summed E-state index contributed by atoms with van der Waals surface area (Å²) in [5.74, 6) is 0.775. The Balaban J connectivity index is 1.81. The third kappa shape index (κ3) is 2.74. The number of urea groups is 1. The van der Waals surface area contributed by atoms with Crippen LogP contribution in [0.5, 0.6) is 5.75 Å². The lowest BCUT2D eigenvalue weighted by Gasteiger charge is -2.27. The molecule has 0 bridgehead atoms. The van der Waals surface area contributed by atoms with Crippen molar-refractivity contribution in [3.63, 3.8) is 0 Å². The number of hydrogen-bond acceptors (Lipinski definition) is 2. The molecule has 2 aromatic carbocycles. The minimum absolute atomic E-state index is 0.124. The van der Waals surface area contributed by atoms with Crippen molar-refractivity contribution in [1.82, 2.24) is 5.32 Å². The zero-order valence-corrected chi connectivity index (χ0v) is 11.7. The number of nitrogens with zero attached hydrogens (tertiary/aromatic N) is 1. The quantitative estimate of drug-likeness (QED) is 0.937. The van der Waals surface area contributed by atoms with E-state index in [4.69, 9.17) is 4.74 Å². The van der Waals surface area contributed by atoms with Gasteiger partial charge in [-0.3, -0.25) is 4.90 Å². The third-order valence-corrected chi connectivity index (χ3v) is 3.43. The molecule has 1 aliphatic heterocycles. The average molecular weight is 280 g/mol. The Kier molecular flexibility index (Phi) is 3.60. The van der Waals surface area contributed by atoms with Gasteiger partial charge < -0.3 is 10.1 Å². The summed E-state index contributed by atoms with van der Waals surface area (Å²) in [5, 5.41) is 2.93. The minimum Gasteiger partial charge on any atom is -0.497 e. The SMILES string of the molecule is COc1ccc(N2CC=C(c3ccccc3)NC2=O)cc1. The highest BCUT2D eigenvalue weighted by Crippen LogP contribution is 2.23. The number of anilines is 1. The number of nitrogens with one attached hydrogen (secondary N) is 1. The van der Waals surface area contributed by atoms with Gasteiger partial charge >= 0.3 is 6.03 Å². The van der Waals surface area contributed by atoms with Gasteiger partial charge in [-0.2, -0.15) is 0 Å². The van der Waals surface area contributed by atoms with Crippen LogP contribution in [0.2, 0.25) is 0 Å². The molecular formula is C17H16N2O2. The molecule has 4 heteroatoms. The van der Waals surface area contributed by atoms with E-state index >= 15 is 0 Å². The summed E-state index contributed by atoms with van der Waals surface area (Å²) in [7, 11) is 1.62. The van der Waals surface area contributed by atoms with E-state index in [0.29, 0.717) is 6.54 Å². The Labute approximate surface area is 123 Å². The monoisotopic (exact) mass is 280 g/mol. The van der Waals surface area contributed by atoms with Crippen LogP contribution >= 0.6 is 0 Å². The van der Waals surface area contributed by atoms with Crippen molar-refractivity contribution in [2.45, 2.75) is 0 Å². The van der Waals surface area contributed by atoms with E-state index in [9.17, 15) is 4.79 Å². The largest absolute Gasteiger partial charge is 0.497 e. The van der Waals surface area contributed by atoms with Crippen LogP contribution in [0.1, 0.15) is 5.56 Å². The Morgan fingerprint density at radius 1 is 1.05 bits per heavy atom. The summed E-state index contributed by atoms with van der Waals surface area (Å²) in [6.45, 7) is 0.544. The number of carbonyl (C=O) groups is 1. The van der Waals surface area contributed by atoms with Crippen molar-refractivity contribution in [3.8, 4) is 5.75 Å². The molecule has 2 amide bonds. The number of carbonyl (C=O) groups excluding carboxylic acids is 1. The van der Waals surface area contributed by atoms with E-state index in [1.165, 1.54) is 0 Å². The fourth-order valence-electron chi connectivity index (χ4n) is 2.29. The van der Waals surface area contributed by atoms with Crippen LogP contribution in [-0.4, -0.2) is 19.7 Å². The van der Waals surface area contributed by atoms with E-state index in [0.717, 1.165) is 22.7 Å². The molecule has 21 heavy (non-hydrogen) atoms. The van der Waals surface area contributed by atoms with Gasteiger partial charge in [0.2, 0.25) is 0 Å². The first-order chi connectivity index (χ1) is 10.3. The number of rotatable bonds is 3. The van der Waals surface area contributed by atoms with E-state index in [1.807, 2.05) is 60.7 Å². The number of methoxy groups -OCH3 is 1. The maximum atomic E-state index is 12.3. The van der Waals surface area contributed by atoms with Crippen LogP contribution in [0.3, 0.4) is 0 Å². The van der Waals surface area contributed by atoms with Gasteiger partial charge in [0.15, 0.2) is 0 Å². The van der Waals surface area contributed by atoms with Gasteiger partial charge in [0, 0.05) is 17.9 Å². The summed E-state index contributed by atoms with van der Waals surface area (Å²) >= 11 is 0. The fourth-order valence-corrected chi connectivity index (χ4v) is 2.29. The van der Waals surface area contributed by atoms with Gasteiger partial charge in [-0.15, -0.1) is 0 Å². The summed E-state index contributed by atoms with van der Waals surface area (Å²) in [5.41, 5.74) is 2.71. The first kappa shape index (κ1) is 13.2. The Bertz CT molecular complexity index is 663. The Morgan fingerprint density at radius 3 is 2.38 bits per heavy atom. The molecule has 1 aliphatic rings. The highest BCUT2D eigenvalue weighted by molar-refractivity contribution is 5.99. The maximum Gasteiger partial charge on any atom is 0.326 e. The first-order valence-electron chi connectivity index (χ1n) is 6.76. The van der Waals surface area contributed by atoms with E-state index in [2.05, 4.69) is 5.32 Å². The first-order valence-corrected chi connectivity index (χ1v) is 6.76. The molecule has 0 aliphatic carbocycles. The number of amides is 2.